The summed E-state index contributed by atoms with van der Waals surface area (Å²) in [4.78, 5) is 11.9. The van der Waals surface area contributed by atoms with E-state index in [-0.39, 0.29) is 11.8 Å². The van der Waals surface area contributed by atoms with Crippen molar-refractivity contribution in [3.63, 3.8) is 0 Å². The molecule has 3 nitrogen and oxygen atoms in total. The SMILES string of the molecule is CC(CCCN)C(=O)NC1CCCCC1C. The van der Waals surface area contributed by atoms with Crippen molar-refractivity contribution in [2.75, 3.05) is 6.54 Å². The molecular weight excluding hydrogens is 200 g/mol. The smallest absolute Gasteiger partial charge is 0.223 e. The monoisotopic (exact) mass is 226 g/mol. The lowest BCUT2D eigenvalue weighted by atomic mass is 9.85. The van der Waals surface area contributed by atoms with Gasteiger partial charge in [-0.15, -0.1) is 0 Å². The predicted molar refractivity (Wildman–Crippen MR) is 67.0 cm³/mol. The first-order chi connectivity index (χ1) is 7.65. The summed E-state index contributed by atoms with van der Waals surface area (Å²) in [6.07, 6.45) is 6.82. The van der Waals surface area contributed by atoms with E-state index in [9.17, 15) is 4.79 Å². The van der Waals surface area contributed by atoms with Gasteiger partial charge in [0.25, 0.3) is 0 Å². The van der Waals surface area contributed by atoms with Gasteiger partial charge in [-0.05, 0) is 38.1 Å². The fourth-order valence-electron chi connectivity index (χ4n) is 2.41. The van der Waals surface area contributed by atoms with Crippen LogP contribution >= 0.6 is 0 Å². The Kier molecular flexibility index (Phi) is 5.81. The number of nitrogens with two attached hydrogens (primary N) is 1. The van der Waals surface area contributed by atoms with Crippen LogP contribution in [0.5, 0.6) is 0 Å². The molecule has 0 aromatic carbocycles. The second-order valence-corrected chi connectivity index (χ2v) is 5.21. The molecular formula is C13H26N2O. The van der Waals surface area contributed by atoms with Gasteiger partial charge in [0, 0.05) is 12.0 Å². The number of hydrogen-bond acceptors (Lipinski definition) is 2. The summed E-state index contributed by atoms with van der Waals surface area (Å²) < 4.78 is 0. The summed E-state index contributed by atoms with van der Waals surface area (Å²) in [6, 6.07) is 0.404. The molecule has 3 N–H and O–H groups in total. The lowest BCUT2D eigenvalue weighted by Gasteiger charge is -2.30. The van der Waals surface area contributed by atoms with Gasteiger partial charge in [-0.1, -0.05) is 26.7 Å². The van der Waals surface area contributed by atoms with Crippen LogP contribution < -0.4 is 11.1 Å². The Labute approximate surface area is 99.2 Å². The summed E-state index contributed by atoms with van der Waals surface area (Å²) >= 11 is 0. The number of nitrogens with one attached hydrogen (secondary N) is 1. The summed E-state index contributed by atoms with van der Waals surface area (Å²) in [6.45, 7) is 4.92. The molecule has 1 amide bonds. The minimum atomic E-state index is 0.109. The molecule has 1 rings (SSSR count). The van der Waals surface area contributed by atoms with Crippen LogP contribution in [0.4, 0.5) is 0 Å². The van der Waals surface area contributed by atoms with Crippen molar-refractivity contribution in [3.8, 4) is 0 Å². The van der Waals surface area contributed by atoms with Crippen LogP contribution in [0, 0.1) is 11.8 Å². The van der Waals surface area contributed by atoms with E-state index < -0.39 is 0 Å². The van der Waals surface area contributed by atoms with E-state index in [1.807, 2.05) is 6.92 Å². The van der Waals surface area contributed by atoms with Gasteiger partial charge < -0.3 is 11.1 Å². The third kappa shape index (κ3) is 4.12. The third-order valence-electron chi connectivity index (χ3n) is 3.73. The molecule has 94 valence electrons. The van der Waals surface area contributed by atoms with E-state index in [4.69, 9.17) is 5.73 Å². The largest absolute Gasteiger partial charge is 0.353 e. The summed E-state index contributed by atoms with van der Waals surface area (Å²) in [5.74, 6) is 0.962. The second-order valence-electron chi connectivity index (χ2n) is 5.21. The highest BCUT2D eigenvalue weighted by Gasteiger charge is 2.24. The van der Waals surface area contributed by atoms with Gasteiger partial charge in [-0.2, -0.15) is 0 Å². The fourth-order valence-corrected chi connectivity index (χ4v) is 2.41. The Balaban J connectivity index is 2.31. The first kappa shape index (κ1) is 13.5. The fraction of sp³-hybridized carbons (Fsp3) is 0.923. The van der Waals surface area contributed by atoms with Crippen LogP contribution in [-0.4, -0.2) is 18.5 Å². The molecule has 0 aromatic heterocycles. The minimum absolute atomic E-state index is 0.109. The van der Waals surface area contributed by atoms with Crippen LogP contribution in [0.3, 0.4) is 0 Å². The van der Waals surface area contributed by atoms with E-state index in [0.717, 1.165) is 19.3 Å². The molecule has 0 radical (unpaired) electrons. The average molecular weight is 226 g/mol. The van der Waals surface area contributed by atoms with Gasteiger partial charge in [0.15, 0.2) is 0 Å². The molecule has 1 saturated carbocycles. The van der Waals surface area contributed by atoms with Gasteiger partial charge in [0.1, 0.15) is 0 Å². The minimum Gasteiger partial charge on any atom is -0.353 e. The maximum Gasteiger partial charge on any atom is 0.223 e. The molecule has 0 aromatic rings. The first-order valence-electron chi connectivity index (χ1n) is 6.65. The molecule has 0 saturated heterocycles. The highest BCUT2D eigenvalue weighted by atomic mass is 16.1. The molecule has 1 aliphatic rings. The Morgan fingerprint density at radius 2 is 2.12 bits per heavy atom. The van der Waals surface area contributed by atoms with Gasteiger partial charge in [-0.3, -0.25) is 4.79 Å². The van der Waals surface area contributed by atoms with Crippen molar-refractivity contribution in [1.29, 1.82) is 0 Å². The molecule has 3 heteroatoms. The Morgan fingerprint density at radius 1 is 1.44 bits per heavy atom. The molecule has 3 atom stereocenters. The Hall–Kier alpha value is -0.570. The van der Waals surface area contributed by atoms with Gasteiger partial charge in [0.2, 0.25) is 5.91 Å². The van der Waals surface area contributed by atoms with Crippen LogP contribution in [0.15, 0.2) is 0 Å². The van der Waals surface area contributed by atoms with Crippen molar-refractivity contribution in [2.24, 2.45) is 17.6 Å². The normalized spacial score (nSPS) is 27.4. The van der Waals surface area contributed by atoms with Crippen LogP contribution in [-0.2, 0) is 4.79 Å². The first-order valence-corrected chi connectivity index (χ1v) is 6.65. The Bertz CT molecular complexity index is 218. The molecule has 0 bridgehead atoms. The van der Waals surface area contributed by atoms with Crippen molar-refractivity contribution in [1.82, 2.24) is 5.32 Å². The number of rotatable bonds is 5. The number of carbonyl (C=O) groups is 1. The van der Waals surface area contributed by atoms with Crippen LogP contribution in [0.25, 0.3) is 0 Å². The summed E-state index contributed by atoms with van der Waals surface area (Å²) in [5, 5.41) is 3.20. The zero-order valence-electron chi connectivity index (χ0n) is 10.7. The lowest BCUT2D eigenvalue weighted by molar-refractivity contribution is -0.126. The summed E-state index contributed by atoms with van der Waals surface area (Å²) in [5.41, 5.74) is 5.45. The standard InChI is InChI=1S/C13H26N2O/c1-10-6-3-4-8-12(10)15-13(16)11(2)7-5-9-14/h10-12H,3-9,14H2,1-2H3,(H,15,16). The van der Waals surface area contributed by atoms with E-state index >= 15 is 0 Å². The topological polar surface area (TPSA) is 55.1 Å². The maximum absolute atomic E-state index is 11.9. The molecule has 1 fully saturated rings. The second kappa shape index (κ2) is 6.89. The van der Waals surface area contributed by atoms with Gasteiger partial charge in [0.05, 0.1) is 0 Å². The Morgan fingerprint density at radius 3 is 2.75 bits per heavy atom. The van der Waals surface area contributed by atoms with Crippen molar-refractivity contribution >= 4 is 5.91 Å². The van der Waals surface area contributed by atoms with E-state index in [1.165, 1.54) is 19.3 Å². The highest BCUT2D eigenvalue weighted by Crippen LogP contribution is 2.24. The molecule has 3 unspecified atom stereocenters. The highest BCUT2D eigenvalue weighted by molar-refractivity contribution is 5.78. The number of carbonyl (C=O) groups excluding carboxylic acids is 1. The number of hydrogen-bond donors (Lipinski definition) is 2. The third-order valence-corrected chi connectivity index (χ3v) is 3.73. The number of amides is 1. The molecule has 1 aliphatic carbocycles. The van der Waals surface area contributed by atoms with Crippen molar-refractivity contribution < 1.29 is 4.79 Å². The summed E-state index contributed by atoms with van der Waals surface area (Å²) in [7, 11) is 0. The quantitative estimate of drug-likeness (QED) is 0.754. The molecule has 0 spiro atoms. The van der Waals surface area contributed by atoms with E-state index in [2.05, 4.69) is 12.2 Å². The van der Waals surface area contributed by atoms with Crippen molar-refractivity contribution in [2.45, 2.75) is 58.4 Å². The van der Waals surface area contributed by atoms with E-state index in [1.54, 1.807) is 0 Å². The van der Waals surface area contributed by atoms with Gasteiger partial charge in [-0.25, -0.2) is 0 Å². The zero-order valence-corrected chi connectivity index (χ0v) is 10.7. The lowest BCUT2D eigenvalue weighted by Crippen LogP contribution is -2.43. The zero-order chi connectivity index (χ0) is 12.0. The predicted octanol–water partition coefficient (Wildman–Crippen LogP) is 2.06. The maximum atomic E-state index is 11.9. The van der Waals surface area contributed by atoms with Crippen LogP contribution in [0.2, 0.25) is 0 Å². The molecule has 0 aliphatic heterocycles. The van der Waals surface area contributed by atoms with E-state index in [0.29, 0.717) is 18.5 Å². The molecule has 0 heterocycles. The average Bonchev–Trinajstić information content (AvgIpc) is 2.28. The van der Waals surface area contributed by atoms with Crippen molar-refractivity contribution in [3.05, 3.63) is 0 Å². The van der Waals surface area contributed by atoms with Crippen LogP contribution in [0.1, 0.15) is 52.4 Å². The molecule has 16 heavy (non-hydrogen) atoms. The van der Waals surface area contributed by atoms with Gasteiger partial charge >= 0.3 is 0 Å².